The quantitative estimate of drug-likeness (QED) is 0.817. The molecule has 0 spiro atoms. The Hall–Kier alpha value is -1.32. The number of aromatic nitrogens is 2. The van der Waals surface area contributed by atoms with Crippen LogP contribution in [0.1, 0.15) is 55.9 Å². The van der Waals surface area contributed by atoms with Crippen molar-refractivity contribution in [3.05, 3.63) is 18.0 Å². The minimum atomic E-state index is 0.0243. The first kappa shape index (κ1) is 12.1. The van der Waals surface area contributed by atoms with Gasteiger partial charge in [-0.3, -0.25) is 9.48 Å². The van der Waals surface area contributed by atoms with Gasteiger partial charge in [-0.2, -0.15) is 5.10 Å². The fraction of sp³-hybridized carbons (Fsp3) is 0.692. The number of carbonyl (C=O) groups is 1. The molecule has 0 saturated heterocycles. The number of aryl methyl sites for hydroxylation is 1. The van der Waals surface area contributed by atoms with E-state index in [9.17, 15) is 4.79 Å². The monoisotopic (exact) mass is 235 g/mol. The zero-order valence-corrected chi connectivity index (χ0v) is 10.5. The van der Waals surface area contributed by atoms with Crippen molar-refractivity contribution >= 4 is 5.91 Å². The molecule has 4 heteroatoms. The second-order valence-corrected chi connectivity index (χ2v) is 4.69. The summed E-state index contributed by atoms with van der Waals surface area (Å²) in [6.07, 6.45) is 9.00. The van der Waals surface area contributed by atoms with Crippen LogP contribution in [-0.4, -0.2) is 21.7 Å². The summed E-state index contributed by atoms with van der Waals surface area (Å²) < 4.78 is 1.74. The summed E-state index contributed by atoms with van der Waals surface area (Å²) >= 11 is 0. The van der Waals surface area contributed by atoms with Crippen molar-refractivity contribution in [2.75, 3.05) is 0 Å². The Morgan fingerprint density at radius 2 is 2.12 bits per heavy atom. The van der Waals surface area contributed by atoms with Gasteiger partial charge in [-0.05, 0) is 25.8 Å². The van der Waals surface area contributed by atoms with E-state index >= 15 is 0 Å². The molecule has 1 N–H and O–H groups in total. The Morgan fingerprint density at radius 1 is 1.41 bits per heavy atom. The van der Waals surface area contributed by atoms with Crippen LogP contribution >= 0.6 is 0 Å². The van der Waals surface area contributed by atoms with Gasteiger partial charge in [0.2, 0.25) is 0 Å². The van der Waals surface area contributed by atoms with Crippen molar-refractivity contribution in [2.24, 2.45) is 0 Å². The SMILES string of the molecule is CCn1nccc1C(=O)NC1CCCCCC1. The maximum Gasteiger partial charge on any atom is 0.269 e. The molecule has 0 bridgehead atoms. The Kier molecular flexibility index (Phi) is 4.18. The van der Waals surface area contributed by atoms with E-state index in [4.69, 9.17) is 0 Å². The van der Waals surface area contributed by atoms with Gasteiger partial charge in [0.1, 0.15) is 5.69 Å². The summed E-state index contributed by atoms with van der Waals surface area (Å²) in [7, 11) is 0. The third kappa shape index (κ3) is 3.08. The van der Waals surface area contributed by atoms with E-state index in [-0.39, 0.29) is 5.91 Å². The smallest absolute Gasteiger partial charge is 0.269 e. The first-order valence-corrected chi connectivity index (χ1v) is 6.64. The first-order valence-electron chi connectivity index (χ1n) is 6.64. The number of carbonyl (C=O) groups excluding carboxylic acids is 1. The Bertz CT molecular complexity index is 364. The van der Waals surface area contributed by atoms with E-state index in [2.05, 4.69) is 10.4 Å². The van der Waals surface area contributed by atoms with Gasteiger partial charge < -0.3 is 5.32 Å². The summed E-state index contributed by atoms with van der Waals surface area (Å²) in [6, 6.07) is 2.14. The van der Waals surface area contributed by atoms with Crippen LogP contribution in [0.3, 0.4) is 0 Å². The average molecular weight is 235 g/mol. The predicted molar refractivity (Wildman–Crippen MR) is 66.9 cm³/mol. The molecule has 1 saturated carbocycles. The number of nitrogens with one attached hydrogen (secondary N) is 1. The molecule has 1 aliphatic rings. The molecule has 1 fully saturated rings. The lowest BCUT2D eigenvalue weighted by molar-refractivity contribution is 0.0922. The third-order valence-electron chi connectivity index (χ3n) is 3.44. The van der Waals surface area contributed by atoms with Gasteiger partial charge in [0.05, 0.1) is 0 Å². The molecule has 1 amide bonds. The van der Waals surface area contributed by atoms with Crippen molar-refractivity contribution in [3.8, 4) is 0 Å². The van der Waals surface area contributed by atoms with Crippen molar-refractivity contribution in [3.63, 3.8) is 0 Å². The van der Waals surface area contributed by atoms with Crippen molar-refractivity contribution in [1.29, 1.82) is 0 Å². The maximum atomic E-state index is 12.1. The van der Waals surface area contributed by atoms with E-state index in [1.807, 2.05) is 6.92 Å². The highest BCUT2D eigenvalue weighted by molar-refractivity contribution is 5.92. The molecule has 1 aliphatic carbocycles. The lowest BCUT2D eigenvalue weighted by atomic mass is 10.1. The fourth-order valence-corrected chi connectivity index (χ4v) is 2.46. The van der Waals surface area contributed by atoms with Gasteiger partial charge in [0.15, 0.2) is 0 Å². The minimum absolute atomic E-state index is 0.0243. The lowest BCUT2D eigenvalue weighted by Crippen LogP contribution is -2.35. The van der Waals surface area contributed by atoms with Crippen LogP contribution in [0.2, 0.25) is 0 Å². The topological polar surface area (TPSA) is 46.9 Å². The second-order valence-electron chi connectivity index (χ2n) is 4.69. The van der Waals surface area contributed by atoms with Crippen molar-refractivity contribution in [1.82, 2.24) is 15.1 Å². The van der Waals surface area contributed by atoms with E-state index in [0.29, 0.717) is 11.7 Å². The summed E-state index contributed by atoms with van der Waals surface area (Å²) in [6.45, 7) is 2.73. The predicted octanol–water partition coefficient (Wildman–Crippen LogP) is 2.36. The zero-order valence-electron chi connectivity index (χ0n) is 10.5. The van der Waals surface area contributed by atoms with Crippen LogP contribution in [0, 0.1) is 0 Å². The van der Waals surface area contributed by atoms with Gasteiger partial charge in [0.25, 0.3) is 5.91 Å². The maximum absolute atomic E-state index is 12.1. The molecule has 4 nitrogen and oxygen atoms in total. The third-order valence-corrected chi connectivity index (χ3v) is 3.44. The number of hydrogen-bond acceptors (Lipinski definition) is 2. The molecule has 94 valence electrons. The molecule has 2 rings (SSSR count). The number of nitrogens with zero attached hydrogens (tertiary/aromatic N) is 2. The molecule has 17 heavy (non-hydrogen) atoms. The molecular formula is C13H21N3O. The molecule has 0 aromatic carbocycles. The van der Waals surface area contributed by atoms with Crippen molar-refractivity contribution in [2.45, 2.75) is 58.0 Å². The Morgan fingerprint density at radius 3 is 2.76 bits per heavy atom. The van der Waals surface area contributed by atoms with Crippen LogP contribution < -0.4 is 5.32 Å². The van der Waals surface area contributed by atoms with Gasteiger partial charge in [-0.25, -0.2) is 0 Å². The molecule has 1 aromatic rings. The van der Waals surface area contributed by atoms with Gasteiger partial charge in [-0.1, -0.05) is 25.7 Å². The van der Waals surface area contributed by atoms with Crippen molar-refractivity contribution < 1.29 is 4.79 Å². The van der Waals surface area contributed by atoms with Gasteiger partial charge >= 0.3 is 0 Å². The number of hydrogen-bond donors (Lipinski definition) is 1. The molecular weight excluding hydrogens is 214 g/mol. The standard InChI is InChI=1S/C13H21N3O/c1-2-16-12(9-10-14-16)13(17)15-11-7-5-3-4-6-8-11/h9-11H,2-8H2,1H3,(H,15,17). The summed E-state index contributed by atoms with van der Waals surface area (Å²) in [5, 5.41) is 7.26. The largest absolute Gasteiger partial charge is 0.348 e. The molecule has 0 aliphatic heterocycles. The zero-order chi connectivity index (χ0) is 12.1. The van der Waals surface area contributed by atoms with E-state index < -0.39 is 0 Å². The van der Waals surface area contributed by atoms with Gasteiger partial charge in [-0.15, -0.1) is 0 Å². The number of amides is 1. The van der Waals surface area contributed by atoms with Crippen LogP contribution in [0.5, 0.6) is 0 Å². The van der Waals surface area contributed by atoms with E-state index in [1.54, 1.807) is 16.9 Å². The molecule has 1 aromatic heterocycles. The van der Waals surface area contributed by atoms with Crippen LogP contribution in [-0.2, 0) is 6.54 Å². The Balaban J connectivity index is 1.96. The number of rotatable bonds is 3. The highest BCUT2D eigenvalue weighted by atomic mass is 16.2. The first-order chi connectivity index (χ1) is 8.31. The molecule has 0 radical (unpaired) electrons. The normalized spacial score (nSPS) is 17.7. The van der Waals surface area contributed by atoms with Crippen LogP contribution in [0.25, 0.3) is 0 Å². The molecule has 0 atom stereocenters. The lowest BCUT2D eigenvalue weighted by Gasteiger charge is -2.16. The Labute approximate surface area is 102 Å². The fourth-order valence-electron chi connectivity index (χ4n) is 2.46. The van der Waals surface area contributed by atoms with Crippen LogP contribution in [0.15, 0.2) is 12.3 Å². The summed E-state index contributed by atoms with van der Waals surface area (Å²) in [5.41, 5.74) is 0.678. The molecule has 0 unspecified atom stereocenters. The molecule has 1 heterocycles. The van der Waals surface area contributed by atoms with E-state index in [0.717, 1.165) is 19.4 Å². The average Bonchev–Trinajstić information content (AvgIpc) is 2.68. The second kappa shape index (κ2) is 5.84. The highest BCUT2D eigenvalue weighted by Crippen LogP contribution is 2.17. The summed E-state index contributed by atoms with van der Waals surface area (Å²) in [5.74, 6) is 0.0243. The van der Waals surface area contributed by atoms with Gasteiger partial charge in [0, 0.05) is 18.8 Å². The van der Waals surface area contributed by atoms with E-state index in [1.165, 1.54) is 25.7 Å². The highest BCUT2D eigenvalue weighted by Gasteiger charge is 2.17. The van der Waals surface area contributed by atoms with Crippen LogP contribution in [0.4, 0.5) is 0 Å². The minimum Gasteiger partial charge on any atom is -0.348 e. The summed E-state index contributed by atoms with van der Waals surface area (Å²) in [4.78, 5) is 12.1.